The first kappa shape index (κ1) is 11.8. The predicted octanol–water partition coefficient (Wildman–Crippen LogP) is 2.27. The van der Waals surface area contributed by atoms with Crippen molar-refractivity contribution in [3.63, 3.8) is 0 Å². The second-order valence-corrected chi connectivity index (χ2v) is 4.22. The van der Waals surface area contributed by atoms with Gasteiger partial charge in [0.05, 0.1) is 11.4 Å². The Morgan fingerprint density at radius 3 is 2.35 bits per heavy atom. The Balaban J connectivity index is 2.35. The lowest BCUT2D eigenvalue weighted by molar-refractivity contribution is 0.301. The molecule has 2 aromatic rings. The average Bonchev–Trinajstić information content (AvgIpc) is 2.39. The van der Waals surface area contributed by atoms with Crippen LogP contribution in [0.1, 0.15) is 11.9 Å². The van der Waals surface area contributed by atoms with E-state index in [-0.39, 0.29) is 6.17 Å². The molecule has 3 heteroatoms. The highest BCUT2D eigenvalue weighted by atomic mass is 15.2. The smallest absolute Gasteiger partial charge is 0.101 e. The Morgan fingerprint density at radius 1 is 1.00 bits per heavy atom. The lowest BCUT2D eigenvalue weighted by atomic mass is 10.1. The minimum Gasteiger partial charge on any atom is -0.311 e. The molecule has 3 nitrogen and oxygen atoms in total. The van der Waals surface area contributed by atoms with Crippen molar-refractivity contribution in [1.29, 1.82) is 0 Å². The lowest BCUT2D eigenvalue weighted by Crippen LogP contribution is -2.28. The summed E-state index contributed by atoms with van der Waals surface area (Å²) < 4.78 is 0. The van der Waals surface area contributed by atoms with Crippen LogP contribution in [0.5, 0.6) is 0 Å². The van der Waals surface area contributed by atoms with E-state index >= 15 is 0 Å². The number of rotatable bonds is 3. The van der Waals surface area contributed by atoms with Gasteiger partial charge in [-0.3, -0.25) is 4.90 Å². The zero-order valence-corrected chi connectivity index (χ0v) is 10.2. The topological polar surface area (TPSA) is 42.1 Å². The van der Waals surface area contributed by atoms with Crippen LogP contribution in [0.15, 0.2) is 48.5 Å². The van der Waals surface area contributed by atoms with E-state index < -0.39 is 0 Å². The molecule has 0 aliphatic rings. The van der Waals surface area contributed by atoms with Gasteiger partial charge in [-0.15, -0.1) is 0 Å². The SMILES string of the molecule is CN(C)[C@H](N)c1cccc(-c2ccccc2)n1. The molecule has 88 valence electrons. The van der Waals surface area contributed by atoms with E-state index in [0.717, 1.165) is 17.0 Å². The van der Waals surface area contributed by atoms with Crippen LogP contribution in [0.4, 0.5) is 0 Å². The van der Waals surface area contributed by atoms with Gasteiger partial charge in [0.25, 0.3) is 0 Å². The van der Waals surface area contributed by atoms with E-state index in [9.17, 15) is 0 Å². The number of nitrogens with two attached hydrogens (primary N) is 1. The Bertz CT molecular complexity index is 480. The molecular formula is C14H17N3. The van der Waals surface area contributed by atoms with Crippen LogP contribution in [0.25, 0.3) is 11.3 Å². The van der Waals surface area contributed by atoms with Crippen LogP contribution < -0.4 is 5.73 Å². The largest absolute Gasteiger partial charge is 0.311 e. The summed E-state index contributed by atoms with van der Waals surface area (Å²) in [6.45, 7) is 0. The summed E-state index contributed by atoms with van der Waals surface area (Å²) in [5.41, 5.74) is 9.00. The fourth-order valence-corrected chi connectivity index (χ4v) is 1.65. The molecular weight excluding hydrogens is 210 g/mol. The summed E-state index contributed by atoms with van der Waals surface area (Å²) in [6.07, 6.45) is -0.168. The third-order valence-corrected chi connectivity index (χ3v) is 2.70. The lowest BCUT2D eigenvalue weighted by Gasteiger charge is -2.19. The first-order chi connectivity index (χ1) is 8.18. The van der Waals surface area contributed by atoms with Crippen molar-refractivity contribution in [2.45, 2.75) is 6.17 Å². The first-order valence-electron chi connectivity index (χ1n) is 5.63. The van der Waals surface area contributed by atoms with E-state index in [1.165, 1.54) is 0 Å². The van der Waals surface area contributed by atoms with Crippen molar-refractivity contribution in [2.75, 3.05) is 14.1 Å². The molecule has 1 atom stereocenters. The van der Waals surface area contributed by atoms with Gasteiger partial charge in [-0.1, -0.05) is 36.4 Å². The molecule has 17 heavy (non-hydrogen) atoms. The van der Waals surface area contributed by atoms with Crippen LogP contribution in [-0.4, -0.2) is 24.0 Å². The van der Waals surface area contributed by atoms with Gasteiger partial charge in [0, 0.05) is 5.56 Å². The van der Waals surface area contributed by atoms with Crippen molar-refractivity contribution in [3.8, 4) is 11.3 Å². The molecule has 0 saturated carbocycles. The van der Waals surface area contributed by atoms with E-state index in [0.29, 0.717) is 0 Å². The molecule has 0 radical (unpaired) electrons. The van der Waals surface area contributed by atoms with Crippen molar-refractivity contribution in [1.82, 2.24) is 9.88 Å². The van der Waals surface area contributed by atoms with Gasteiger partial charge in [0.1, 0.15) is 6.17 Å². The minimum atomic E-state index is -0.168. The summed E-state index contributed by atoms with van der Waals surface area (Å²) >= 11 is 0. The molecule has 0 saturated heterocycles. The molecule has 1 heterocycles. The van der Waals surface area contributed by atoms with Crippen molar-refractivity contribution in [2.24, 2.45) is 5.73 Å². The normalized spacial score (nSPS) is 12.7. The van der Waals surface area contributed by atoms with Crippen LogP contribution in [0.2, 0.25) is 0 Å². The molecule has 0 bridgehead atoms. The molecule has 0 unspecified atom stereocenters. The van der Waals surface area contributed by atoms with E-state index in [4.69, 9.17) is 5.73 Å². The second-order valence-electron chi connectivity index (χ2n) is 4.22. The molecule has 2 rings (SSSR count). The Kier molecular flexibility index (Phi) is 3.52. The van der Waals surface area contributed by atoms with Gasteiger partial charge in [-0.2, -0.15) is 0 Å². The van der Waals surface area contributed by atoms with Crippen LogP contribution in [0.3, 0.4) is 0 Å². The summed E-state index contributed by atoms with van der Waals surface area (Å²) in [5.74, 6) is 0. The quantitative estimate of drug-likeness (QED) is 0.818. The molecule has 0 spiro atoms. The second kappa shape index (κ2) is 5.08. The third kappa shape index (κ3) is 2.70. The van der Waals surface area contributed by atoms with Crippen LogP contribution >= 0.6 is 0 Å². The van der Waals surface area contributed by atoms with Gasteiger partial charge in [0.2, 0.25) is 0 Å². The first-order valence-corrected chi connectivity index (χ1v) is 5.63. The van der Waals surface area contributed by atoms with Crippen LogP contribution in [-0.2, 0) is 0 Å². The highest BCUT2D eigenvalue weighted by molar-refractivity contribution is 5.58. The minimum absolute atomic E-state index is 0.168. The van der Waals surface area contributed by atoms with E-state index in [1.54, 1.807) is 0 Å². The van der Waals surface area contributed by atoms with Gasteiger partial charge < -0.3 is 5.73 Å². The summed E-state index contributed by atoms with van der Waals surface area (Å²) in [5, 5.41) is 0. The van der Waals surface area contributed by atoms with E-state index in [2.05, 4.69) is 4.98 Å². The molecule has 2 N–H and O–H groups in total. The number of hydrogen-bond donors (Lipinski definition) is 1. The summed E-state index contributed by atoms with van der Waals surface area (Å²) in [6, 6.07) is 16.1. The molecule has 1 aromatic heterocycles. The third-order valence-electron chi connectivity index (χ3n) is 2.70. The Hall–Kier alpha value is -1.71. The standard InChI is InChI=1S/C14H17N3/c1-17(2)14(15)13-10-6-9-12(16-13)11-7-4-3-5-8-11/h3-10,14H,15H2,1-2H3/t14-/m0/s1. The highest BCUT2D eigenvalue weighted by Gasteiger charge is 2.10. The summed E-state index contributed by atoms with van der Waals surface area (Å²) in [4.78, 5) is 6.54. The number of benzene rings is 1. The fourth-order valence-electron chi connectivity index (χ4n) is 1.65. The van der Waals surface area contributed by atoms with Gasteiger partial charge in [-0.05, 0) is 26.2 Å². The van der Waals surface area contributed by atoms with Crippen molar-refractivity contribution in [3.05, 3.63) is 54.2 Å². The molecule has 0 fully saturated rings. The van der Waals surface area contributed by atoms with Gasteiger partial charge >= 0.3 is 0 Å². The zero-order valence-electron chi connectivity index (χ0n) is 10.2. The molecule has 0 amide bonds. The maximum Gasteiger partial charge on any atom is 0.101 e. The number of nitrogens with zero attached hydrogens (tertiary/aromatic N) is 2. The van der Waals surface area contributed by atoms with Crippen LogP contribution in [0, 0.1) is 0 Å². The maximum absolute atomic E-state index is 6.05. The number of pyridine rings is 1. The number of aromatic nitrogens is 1. The molecule has 1 aromatic carbocycles. The van der Waals surface area contributed by atoms with Gasteiger partial charge in [-0.25, -0.2) is 4.98 Å². The maximum atomic E-state index is 6.05. The van der Waals surface area contributed by atoms with E-state index in [1.807, 2.05) is 67.5 Å². The predicted molar refractivity (Wildman–Crippen MR) is 70.3 cm³/mol. The highest BCUT2D eigenvalue weighted by Crippen LogP contribution is 2.18. The van der Waals surface area contributed by atoms with Gasteiger partial charge in [0.15, 0.2) is 0 Å². The Morgan fingerprint density at radius 2 is 1.71 bits per heavy atom. The van der Waals surface area contributed by atoms with Crippen molar-refractivity contribution < 1.29 is 0 Å². The molecule has 0 aliphatic carbocycles. The molecule has 0 aliphatic heterocycles. The Labute approximate surface area is 102 Å². The zero-order chi connectivity index (χ0) is 12.3. The van der Waals surface area contributed by atoms with Crippen molar-refractivity contribution >= 4 is 0 Å². The average molecular weight is 227 g/mol. The summed E-state index contributed by atoms with van der Waals surface area (Å²) in [7, 11) is 3.89. The monoisotopic (exact) mass is 227 g/mol. The fraction of sp³-hybridized carbons (Fsp3) is 0.214. The number of hydrogen-bond acceptors (Lipinski definition) is 3.